The van der Waals surface area contributed by atoms with Crippen LogP contribution >= 0.6 is 11.6 Å². The lowest BCUT2D eigenvalue weighted by molar-refractivity contribution is 0.0817. The van der Waals surface area contributed by atoms with Gasteiger partial charge in [-0.2, -0.15) is 0 Å². The van der Waals surface area contributed by atoms with E-state index in [0.717, 1.165) is 22.6 Å². The van der Waals surface area contributed by atoms with Crippen molar-refractivity contribution in [3.05, 3.63) is 75.8 Å². The van der Waals surface area contributed by atoms with Crippen LogP contribution in [0.1, 0.15) is 33.0 Å². The number of halogens is 1. The molecule has 0 saturated heterocycles. The van der Waals surface area contributed by atoms with Crippen molar-refractivity contribution in [2.75, 3.05) is 26.6 Å². The molecule has 8 heteroatoms. The van der Waals surface area contributed by atoms with Crippen LogP contribution in [0.15, 0.2) is 42.6 Å². The van der Waals surface area contributed by atoms with Gasteiger partial charge >= 0.3 is 0 Å². The van der Waals surface area contributed by atoms with E-state index in [2.05, 4.69) is 10.3 Å². The molecular formula is C23H23ClN4O3. The van der Waals surface area contributed by atoms with Crippen LogP contribution in [-0.2, 0) is 24.3 Å². The quantitative estimate of drug-likeness (QED) is 0.595. The van der Waals surface area contributed by atoms with Crippen molar-refractivity contribution in [1.82, 2.24) is 14.9 Å². The summed E-state index contributed by atoms with van der Waals surface area (Å²) in [4.78, 5) is 23.6. The fraction of sp³-hybridized carbons (Fsp3) is 0.261. The summed E-state index contributed by atoms with van der Waals surface area (Å²) in [5.74, 6) is 0.446. The summed E-state index contributed by atoms with van der Waals surface area (Å²) < 4.78 is 10.7. The predicted octanol–water partition coefficient (Wildman–Crippen LogP) is 4.21. The zero-order chi connectivity index (χ0) is 22.0. The minimum Gasteiger partial charge on any atom is -0.493 e. The normalized spacial score (nSPS) is 12.8. The first kappa shape index (κ1) is 21.1. The van der Waals surface area contributed by atoms with E-state index < -0.39 is 0 Å². The van der Waals surface area contributed by atoms with Crippen molar-refractivity contribution in [2.24, 2.45) is 0 Å². The first-order valence-electron chi connectivity index (χ1n) is 9.80. The number of aromatic nitrogens is 2. The molecule has 1 aromatic carbocycles. The zero-order valence-corrected chi connectivity index (χ0v) is 18.4. The van der Waals surface area contributed by atoms with Gasteiger partial charge in [0.2, 0.25) is 0 Å². The van der Waals surface area contributed by atoms with Gasteiger partial charge in [-0.15, -0.1) is 0 Å². The van der Waals surface area contributed by atoms with Gasteiger partial charge in [-0.1, -0.05) is 17.7 Å². The maximum atomic E-state index is 12.8. The average molecular weight is 439 g/mol. The number of benzene rings is 1. The highest BCUT2D eigenvalue weighted by molar-refractivity contribution is 6.32. The van der Waals surface area contributed by atoms with Crippen LogP contribution < -0.4 is 10.1 Å². The number of methoxy groups -OCH3 is 2. The Bertz CT molecular complexity index is 1140. The Kier molecular flexibility index (Phi) is 6.06. The summed E-state index contributed by atoms with van der Waals surface area (Å²) in [7, 11) is 4.99. The highest BCUT2D eigenvalue weighted by Crippen LogP contribution is 2.37. The van der Waals surface area contributed by atoms with Gasteiger partial charge in [0, 0.05) is 38.2 Å². The fourth-order valence-corrected chi connectivity index (χ4v) is 3.96. The molecule has 1 aliphatic heterocycles. The Morgan fingerprint density at radius 2 is 2.00 bits per heavy atom. The molecule has 0 fully saturated rings. The molecule has 1 aliphatic rings. The molecule has 0 radical (unpaired) electrons. The molecular weight excluding hydrogens is 416 g/mol. The third-order valence-electron chi connectivity index (χ3n) is 5.09. The molecule has 3 heterocycles. The number of hydrogen-bond acceptors (Lipinski definition) is 6. The molecule has 0 saturated carbocycles. The molecule has 2 aromatic heterocycles. The molecule has 4 rings (SSSR count). The maximum Gasteiger partial charge on any atom is 0.257 e. The molecule has 0 spiro atoms. The Balaban J connectivity index is 1.73. The lowest BCUT2D eigenvalue weighted by Crippen LogP contribution is -2.18. The molecule has 0 aliphatic carbocycles. The number of pyridine rings is 2. The first-order valence-corrected chi connectivity index (χ1v) is 10.2. The predicted molar refractivity (Wildman–Crippen MR) is 119 cm³/mol. The summed E-state index contributed by atoms with van der Waals surface area (Å²) in [5, 5.41) is 3.82. The van der Waals surface area contributed by atoms with Crippen molar-refractivity contribution in [3.8, 4) is 5.75 Å². The van der Waals surface area contributed by atoms with Crippen molar-refractivity contribution in [2.45, 2.75) is 19.6 Å². The highest BCUT2D eigenvalue weighted by Gasteiger charge is 2.30. The van der Waals surface area contributed by atoms with E-state index in [4.69, 9.17) is 26.1 Å². The Labute approximate surface area is 186 Å². The van der Waals surface area contributed by atoms with Gasteiger partial charge in [-0.3, -0.25) is 14.8 Å². The minimum atomic E-state index is -0.0715. The second-order valence-electron chi connectivity index (χ2n) is 7.35. The summed E-state index contributed by atoms with van der Waals surface area (Å²) in [5.41, 5.74) is 5.39. The Hall–Kier alpha value is -3.16. The number of hydrogen-bond donors (Lipinski definition) is 1. The lowest BCUT2D eigenvalue weighted by Gasteiger charge is -2.15. The molecule has 7 nitrogen and oxygen atoms in total. The van der Waals surface area contributed by atoms with Crippen LogP contribution in [0.2, 0.25) is 5.02 Å². The van der Waals surface area contributed by atoms with Crippen LogP contribution in [0.5, 0.6) is 5.75 Å². The number of ether oxygens (including phenoxy) is 2. The van der Waals surface area contributed by atoms with E-state index in [9.17, 15) is 4.79 Å². The SMILES string of the molecule is COCc1ccnc(Cc2cc(Nc3cccc(Cl)c3OC)c3c(n2)CN(C)C3=O)c1. The van der Waals surface area contributed by atoms with Crippen LogP contribution in [0, 0.1) is 0 Å². The van der Waals surface area contributed by atoms with Crippen LogP contribution in [0.25, 0.3) is 0 Å². The lowest BCUT2D eigenvalue weighted by atomic mass is 10.1. The molecule has 3 aromatic rings. The van der Waals surface area contributed by atoms with E-state index in [-0.39, 0.29) is 5.91 Å². The van der Waals surface area contributed by atoms with E-state index in [0.29, 0.717) is 47.3 Å². The monoisotopic (exact) mass is 438 g/mol. The van der Waals surface area contributed by atoms with Crippen molar-refractivity contribution in [3.63, 3.8) is 0 Å². The molecule has 0 bridgehead atoms. The molecule has 1 N–H and O–H groups in total. The van der Waals surface area contributed by atoms with Gasteiger partial charge in [0.1, 0.15) is 0 Å². The summed E-state index contributed by atoms with van der Waals surface area (Å²) in [6.45, 7) is 0.980. The van der Waals surface area contributed by atoms with E-state index in [1.807, 2.05) is 30.3 Å². The maximum absolute atomic E-state index is 12.8. The summed E-state index contributed by atoms with van der Waals surface area (Å²) in [6, 6.07) is 11.3. The van der Waals surface area contributed by atoms with E-state index in [1.54, 1.807) is 38.4 Å². The third kappa shape index (κ3) is 4.33. The number of nitrogens with zero attached hydrogens (tertiary/aromatic N) is 3. The van der Waals surface area contributed by atoms with Gasteiger partial charge in [0.05, 0.1) is 47.9 Å². The number of carbonyl (C=O) groups excluding carboxylic acids is 1. The number of nitrogens with one attached hydrogen (secondary N) is 1. The largest absolute Gasteiger partial charge is 0.493 e. The van der Waals surface area contributed by atoms with Crippen LogP contribution in [-0.4, -0.2) is 42.0 Å². The van der Waals surface area contributed by atoms with Crippen LogP contribution in [0.4, 0.5) is 11.4 Å². The van der Waals surface area contributed by atoms with Crippen molar-refractivity contribution >= 4 is 28.9 Å². The van der Waals surface area contributed by atoms with Gasteiger partial charge in [-0.05, 0) is 35.9 Å². The number of fused-ring (bicyclic) bond motifs is 1. The third-order valence-corrected chi connectivity index (χ3v) is 5.39. The Morgan fingerprint density at radius 3 is 2.77 bits per heavy atom. The zero-order valence-electron chi connectivity index (χ0n) is 17.6. The number of amides is 1. The standard InChI is InChI=1S/C23H23ClN4O3/c1-28-12-20-21(23(28)29)19(27-18-6-4-5-17(24)22(18)31-3)11-16(26-20)10-15-9-14(13-30-2)7-8-25-15/h4-9,11H,10,12-13H2,1-3H3,(H,26,27). The molecule has 160 valence electrons. The first-order chi connectivity index (χ1) is 15.0. The Morgan fingerprint density at radius 1 is 1.16 bits per heavy atom. The average Bonchev–Trinajstić information content (AvgIpc) is 3.02. The van der Waals surface area contributed by atoms with E-state index >= 15 is 0 Å². The van der Waals surface area contributed by atoms with Gasteiger partial charge in [0.25, 0.3) is 5.91 Å². The van der Waals surface area contributed by atoms with Crippen molar-refractivity contribution in [1.29, 1.82) is 0 Å². The van der Waals surface area contributed by atoms with E-state index in [1.165, 1.54) is 0 Å². The number of anilines is 2. The number of para-hydroxylation sites is 1. The van der Waals surface area contributed by atoms with Gasteiger partial charge in [-0.25, -0.2) is 0 Å². The number of rotatable bonds is 7. The smallest absolute Gasteiger partial charge is 0.257 e. The fourth-order valence-electron chi connectivity index (χ4n) is 3.71. The van der Waals surface area contributed by atoms with Crippen molar-refractivity contribution < 1.29 is 14.3 Å². The molecule has 1 amide bonds. The summed E-state index contributed by atoms with van der Waals surface area (Å²) >= 11 is 6.27. The number of carbonyl (C=O) groups is 1. The summed E-state index contributed by atoms with van der Waals surface area (Å²) in [6.07, 6.45) is 2.30. The second-order valence-corrected chi connectivity index (χ2v) is 7.76. The second kappa shape index (κ2) is 8.91. The van der Waals surface area contributed by atoms with Gasteiger partial charge in [0.15, 0.2) is 5.75 Å². The molecule has 0 atom stereocenters. The van der Waals surface area contributed by atoms with Gasteiger partial charge < -0.3 is 19.7 Å². The van der Waals surface area contributed by atoms with Crippen LogP contribution in [0.3, 0.4) is 0 Å². The topological polar surface area (TPSA) is 76.6 Å². The molecule has 0 unspecified atom stereocenters. The molecule has 31 heavy (non-hydrogen) atoms. The minimum absolute atomic E-state index is 0.0715. The highest BCUT2D eigenvalue weighted by atomic mass is 35.5.